The second kappa shape index (κ2) is 6.53. The van der Waals surface area contributed by atoms with Crippen molar-refractivity contribution >= 4 is 0 Å². The zero-order valence-corrected chi connectivity index (χ0v) is 13.2. The standard InChI is InChI=1S/C17H28O2/c1-7-17(6,19-8-2)16(18)11-15-13(4)9-12(3)10-14(15)5/h9-10,16,18H,7-8,11H2,1-6H3. The van der Waals surface area contributed by atoms with Gasteiger partial charge in [-0.25, -0.2) is 0 Å². The Morgan fingerprint density at radius 2 is 1.68 bits per heavy atom. The van der Waals surface area contributed by atoms with Gasteiger partial charge in [0.25, 0.3) is 0 Å². The molecule has 19 heavy (non-hydrogen) atoms. The number of hydrogen-bond acceptors (Lipinski definition) is 2. The molecule has 0 fully saturated rings. The first-order chi connectivity index (χ1) is 8.84. The lowest BCUT2D eigenvalue weighted by molar-refractivity contribution is -0.110. The van der Waals surface area contributed by atoms with Gasteiger partial charge in [0, 0.05) is 13.0 Å². The first-order valence-corrected chi connectivity index (χ1v) is 7.22. The molecular formula is C17H28O2. The Morgan fingerprint density at radius 1 is 1.16 bits per heavy atom. The molecule has 0 spiro atoms. The van der Waals surface area contributed by atoms with Gasteiger partial charge in [-0.3, -0.25) is 0 Å². The second-order valence-electron chi connectivity index (χ2n) is 5.70. The molecule has 0 aromatic heterocycles. The van der Waals surface area contributed by atoms with Crippen LogP contribution in [0.2, 0.25) is 0 Å². The Bertz CT molecular complexity index is 402. The average Bonchev–Trinajstić information content (AvgIpc) is 2.33. The lowest BCUT2D eigenvalue weighted by atomic mass is 9.87. The summed E-state index contributed by atoms with van der Waals surface area (Å²) < 4.78 is 5.77. The van der Waals surface area contributed by atoms with Gasteiger partial charge >= 0.3 is 0 Å². The van der Waals surface area contributed by atoms with E-state index in [0.717, 1.165) is 6.42 Å². The monoisotopic (exact) mass is 264 g/mol. The maximum Gasteiger partial charge on any atom is 0.0912 e. The molecule has 0 amide bonds. The second-order valence-corrected chi connectivity index (χ2v) is 5.70. The number of rotatable bonds is 6. The predicted molar refractivity (Wildman–Crippen MR) is 80.7 cm³/mol. The third-order valence-electron chi connectivity index (χ3n) is 4.12. The third-order valence-corrected chi connectivity index (χ3v) is 4.12. The van der Waals surface area contributed by atoms with E-state index in [1.165, 1.54) is 22.3 Å². The van der Waals surface area contributed by atoms with E-state index in [2.05, 4.69) is 39.8 Å². The molecule has 108 valence electrons. The van der Waals surface area contributed by atoms with Crippen LogP contribution in [0.15, 0.2) is 12.1 Å². The van der Waals surface area contributed by atoms with Crippen LogP contribution < -0.4 is 0 Å². The molecule has 0 heterocycles. The molecule has 2 atom stereocenters. The molecule has 0 saturated carbocycles. The molecule has 0 aliphatic rings. The van der Waals surface area contributed by atoms with Gasteiger partial charge in [-0.15, -0.1) is 0 Å². The highest BCUT2D eigenvalue weighted by Gasteiger charge is 2.32. The van der Waals surface area contributed by atoms with E-state index in [9.17, 15) is 5.11 Å². The van der Waals surface area contributed by atoms with Gasteiger partial charge in [-0.2, -0.15) is 0 Å². The molecule has 1 rings (SSSR count). The number of aliphatic hydroxyl groups is 1. The Morgan fingerprint density at radius 3 is 2.11 bits per heavy atom. The Balaban J connectivity index is 2.96. The van der Waals surface area contributed by atoms with E-state index in [1.807, 2.05) is 13.8 Å². The molecule has 0 aliphatic carbocycles. The molecule has 0 bridgehead atoms. The van der Waals surface area contributed by atoms with E-state index in [1.54, 1.807) is 0 Å². The van der Waals surface area contributed by atoms with E-state index in [0.29, 0.717) is 13.0 Å². The first-order valence-electron chi connectivity index (χ1n) is 7.22. The van der Waals surface area contributed by atoms with E-state index >= 15 is 0 Å². The van der Waals surface area contributed by atoms with E-state index in [4.69, 9.17) is 4.74 Å². The molecule has 2 unspecified atom stereocenters. The van der Waals surface area contributed by atoms with Crippen LogP contribution in [-0.4, -0.2) is 23.4 Å². The van der Waals surface area contributed by atoms with Crippen molar-refractivity contribution in [3.63, 3.8) is 0 Å². The summed E-state index contributed by atoms with van der Waals surface area (Å²) in [5.41, 5.74) is 4.57. The molecule has 1 aromatic rings. The highest BCUT2D eigenvalue weighted by molar-refractivity contribution is 5.38. The number of aliphatic hydroxyl groups excluding tert-OH is 1. The summed E-state index contributed by atoms with van der Waals surface area (Å²) in [6.45, 7) is 13.0. The van der Waals surface area contributed by atoms with Gasteiger partial charge in [0.2, 0.25) is 0 Å². The molecule has 1 N–H and O–H groups in total. The molecule has 2 nitrogen and oxygen atoms in total. The van der Waals surface area contributed by atoms with Crippen LogP contribution in [0.1, 0.15) is 49.4 Å². The van der Waals surface area contributed by atoms with E-state index in [-0.39, 0.29) is 0 Å². The number of benzene rings is 1. The molecule has 0 saturated heterocycles. The minimum absolute atomic E-state index is 0.460. The maximum atomic E-state index is 10.5. The minimum Gasteiger partial charge on any atom is -0.390 e. The van der Waals surface area contributed by atoms with Gasteiger partial charge in [0.1, 0.15) is 0 Å². The fourth-order valence-electron chi connectivity index (χ4n) is 2.70. The Labute approximate surface area is 117 Å². The fraction of sp³-hybridized carbons (Fsp3) is 0.647. The summed E-state index contributed by atoms with van der Waals surface area (Å²) in [6.07, 6.45) is 0.992. The van der Waals surface area contributed by atoms with Crippen molar-refractivity contribution in [2.75, 3.05) is 6.61 Å². The highest BCUT2D eigenvalue weighted by Crippen LogP contribution is 2.26. The predicted octanol–water partition coefficient (Wildman–Crippen LogP) is 3.72. The minimum atomic E-state index is -0.474. The van der Waals surface area contributed by atoms with Crippen LogP contribution in [0.3, 0.4) is 0 Å². The molecular weight excluding hydrogens is 236 g/mol. The summed E-state index contributed by atoms with van der Waals surface area (Å²) in [5, 5.41) is 10.5. The zero-order chi connectivity index (χ0) is 14.6. The fourth-order valence-corrected chi connectivity index (χ4v) is 2.70. The van der Waals surface area contributed by atoms with E-state index < -0.39 is 11.7 Å². The topological polar surface area (TPSA) is 29.5 Å². The summed E-state index contributed by atoms with van der Waals surface area (Å²) in [4.78, 5) is 0. The quantitative estimate of drug-likeness (QED) is 0.848. The van der Waals surface area contributed by atoms with Crippen molar-refractivity contribution < 1.29 is 9.84 Å². The van der Waals surface area contributed by atoms with Crippen LogP contribution in [0.5, 0.6) is 0 Å². The van der Waals surface area contributed by atoms with Gasteiger partial charge in [0.05, 0.1) is 11.7 Å². The van der Waals surface area contributed by atoms with Gasteiger partial charge < -0.3 is 9.84 Å². The average molecular weight is 264 g/mol. The SMILES string of the molecule is CCOC(C)(CC)C(O)Cc1c(C)cc(C)cc1C. The Hall–Kier alpha value is -0.860. The van der Waals surface area contributed by atoms with Crippen molar-refractivity contribution in [2.24, 2.45) is 0 Å². The Kier molecular flexibility index (Phi) is 5.57. The van der Waals surface area contributed by atoms with Crippen LogP contribution in [0.4, 0.5) is 0 Å². The summed E-state index contributed by atoms with van der Waals surface area (Å²) >= 11 is 0. The highest BCUT2D eigenvalue weighted by atomic mass is 16.5. The molecule has 0 radical (unpaired) electrons. The number of hydrogen-bond donors (Lipinski definition) is 1. The normalized spacial score (nSPS) is 16.2. The molecule has 0 aliphatic heterocycles. The van der Waals surface area contributed by atoms with Crippen LogP contribution in [-0.2, 0) is 11.2 Å². The largest absolute Gasteiger partial charge is 0.390 e. The lowest BCUT2D eigenvalue weighted by Crippen LogP contribution is -2.43. The maximum absolute atomic E-state index is 10.5. The third kappa shape index (κ3) is 3.80. The van der Waals surface area contributed by atoms with Gasteiger partial charge in [-0.05, 0) is 57.7 Å². The number of ether oxygens (including phenoxy) is 1. The molecule has 2 heteroatoms. The van der Waals surface area contributed by atoms with Crippen molar-refractivity contribution in [3.8, 4) is 0 Å². The van der Waals surface area contributed by atoms with Crippen LogP contribution in [0, 0.1) is 20.8 Å². The van der Waals surface area contributed by atoms with Crippen molar-refractivity contribution in [3.05, 3.63) is 34.4 Å². The summed E-state index contributed by atoms with van der Waals surface area (Å²) in [5.74, 6) is 0. The smallest absolute Gasteiger partial charge is 0.0912 e. The van der Waals surface area contributed by atoms with Crippen LogP contribution in [0.25, 0.3) is 0 Å². The summed E-state index contributed by atoms with van der Waals surface area (Å²) in [7, 11) is 0. The lowest BCUT2D eigenvalue weighted by Gasteiger charge is -2.34. The first kappa shape index (κ1) is 16.2. The van der Waals surface area contributed by atoms with Gasteiger partial charge in [-0.1, -0.05) is 24.6 Å². The summed E-state index contributed by atoms with van der Waals surface area (Å²) in [6, 6.07) is 4.36. The van der Waals surface area contributed by atoms with Crippen LogP contribution >= 0.6 is 0 Å². The number of aryl methyl sites for hydroxylation is 3. The van der Waals surface area contributed by atoms with Crippen molar-refractivity contribution in [1.29, 1.82) is 0 Å². The van der Waals surface area contributed by atoms with Gasteiger partial charge in [0.15, 0.2) is 0 Å². The van der Waals surface area contributed by atoms with Crippen molar-refractivity contribution in [2.45, 2.75) is 66.1 Å². The molecule has 1 aromatic carbocycles. The zero-order valence-electron chi connectivity index (χ0n) is 13.2. The van der Waals surface area contributed by atoms with Crippen molar-refractivity contribution in [1.82, 2.24) is 0 Å².